The minimum Gasteiger partial charge on any atom is -0.356 e. The van der Waals surface area contributed by atoms with E-state index in [1.54, 1.807) is 11.8 Å². The van der Waals surface area contributed by atoms with Crippen LogP contribution in [-0.4, -0.2) is 26.9 Å². The maximum absolute atomic E-state index is 14.0. The summed E-state index contributed by atoms with van der Waals surface area (Å²) in [5, 5.41) is 6.12. The molecular formula is C33H35N3OS. The molecule has 3 aromatic carbocycles. The van der Waals surface area contributed by atoms with Gasteiger partial charge in [0.05, 0.1) is 4.91 Å². The minimum atomic E-state index is -0.106. The molecule has 38 heavy (non-hydrogen) atoms. The Hall–Kier alpha value is -3.44. The van der Waals surface area contributed by atoms with Crippen LogP contribution in [0, 0.1) is 19.8 Å². The zero-order valence-corrected chi connectivity index (χ0v) is 23.2. The number of carbonyl (C=O) groups excluding carboxylic acids is 1. The van der Waals surface area contributed by atoms with Crippen molar-refractivity contribution in [3.05, 3.63) is 101 Å². The predicted octanol–water partition coefficient (Wildman–Crippen LogP) is 8.14. The zero-order valence-electron chi connectivity index (χ0n) is 22.4. The number of anilines is 1. The molecule has 1 amide bonds. The summed E-state index contributed by atoms with van der Waals surface area (Å²) in [5.74, 6) is 0.656. The Morgan fingerprint density at radius 2 is 1.63 bits per heavy atom. The average molecular weight is 522 g/mol. The van der Waals surface area contributed by atoms with Crippen molar-refractivity contribution in [3.8, 4) is 5.69 Å². The average Bonchev–Trinajstić information content (AvgIpc) is 3.38. The van der Waals surface area contributed by atoms with E-state index in [4.69, 9.17) is 0 Å². The molecule has 1 aliphatic heterocycles. The van der Waals surface area contributed by atoms with Gasteiger partial charge in [-0.2, -0.15) is 0 Å². The lowest BCUT2D eigenvalue weighted by Gasteiger charge is -2.39. The van der Waals surface area contributed by atoms with Gasteiger partial charge in [-0.25, -0.2) is 0 Å². The van der Waals surface area contributed by atoms with Gasteiger partial charge in [-0.15, -0.1) is 0 Å². The van der Waals surface area contributed by atoms with Gasteiger partial charge in [-0.1, -0.05) is 80.1 Å². The molecule has 2 heterocycles. The molecule has 2 aliphatic rings. The van der Waals surface area contributed by atoms with Crippen molar-refractivity contribution in [1.29, 1.82) is 0 Å². The summed E-state index contributed by atoms with van der Waals surface area (Å²) in [6.07, 6.45) is 6.81. The highest BCUT2D eigenvalue weighted by molar-refractivity contribution is 8.05. The molecule has 1 saturated heterocycles. The van der Waals surface area contributed by atoms with Gasteiger partial charge in [0.15, 0.2) is 5.50 Å². The van der Waals surface area contributed by atoms with Gasteiger partial charge in [0.1, 0.15) is 0 Å². The molecule has 0 spiro atoms. The van der Waals surface area contributed by atoms with Gasteiger partial charge in [0.25, 0.3) is 5.91 Å². The summed E-state index contributed by atoms with van der Waals surface area (Å²) in [7, 11) is 0. The van der Waals surface area contributed by atoms with E-state index in [-0.39, 0.29) is 17.4 Å². The van der Waals surface area contributed by atoms with E-state index in [2.05, 4.69) is 102 Å². The van der Waals surface area contributed by atoms with Gasteiger partial charge >= 0.3 is 0 Å². The molecule has 1 N–H and O–H groups in total. The van der Waals surface area contributed by atoms with E-state index >= 15 is 0 Å². The number of benzene rings is 3. The lowest BCUT2D eigenvalue weighted by atomic mass is 9.85. The van der Waals surface area contributed by atoms with Gasteiger partial charge in [0, 0.05) is 28.8 Å². The standard InChI is InChI=1S/C33H35N3OS/c1-22-11-7-10-16-30(22)36-32(37)31(38-33(36)34-28-14-5-4-6-15-28)21-27-19-23(2)35(24(27)3)29-18-17-25-12-8-9-13-26(25)20-29/h4-6,8-9,12-15,17-22,30,33-34H,7,10-11,16H2,1-3H3/b31-21-/t22-,30-,33?/m0/s1. The van der Waals surface area contributed by atoms with Crippen LogP contribution in [0.4, 0.5) is 5.69 Å². The van der Waals surface area contributed by atoms with Crippen molar-refractivity contribution in [2.24, 2.45) is 5.92 Å². The Labute approximate surface area is 229 Å². The van der Waals surface area contributed by atoms with Crippen molar-refractivity contribution in [2.45, 2.75) is 58.0 Å². The number of nitrogens with zero attached hydrogens (tertiary/aromatic N) is 2. The number of fused-ring (bicyclic) bond motifs is 1. The number of carbonyl (C=O) groups is 1. The monoisotopic (exact) mass is 521 g/mol. The minimum absolute atomic E-state index is 0.106. The van der Waals surface area contributed by atoms with Gasteiger partial charge in [0.2, 0.25) is 0 Å². The number of thioether (sulfide) groups is 1. The molecule has 4 nitrogen and oxygen atoms in total. The van der Waals surface area contributed by atoms with Crippen LogP contribution in [0.5, 0.6) is 0 Å². The molecule has 2 fully saturated rings. The van der Waals surface area contributed by atoms with E-state index in [0.29, 0.717) is 5.92 Å². The largest absolute Gasteiger partial charge is 0.356 e. The summed E-state index contributed by atoms with van der Waals surface area (Å²) in [6, 6.07) is 27.8. The Bertz CT molecular complexity index is 1510. The molecule has 1 aliphatic carbocycles. The van der Waals surface area contributed by atoms with Crippen molar-refractivity contribution in [3.63, 3.8) is 0 Å². The van der Waals surface area contributed by atoms with E-state index < -0.39 is 0 Å². The number of para-hydroxylation sites is 1. The first-order chi connectivity index (χ1) is 18.5. The summed E-state index contributed by atoms with van der Waals surface area (Å²) in [6.45, 7) is 6.60. The first-order valence-electron chi connectivity index (χ1n) is 13.7. The fourth-order valence-corrected chi connectivity index (χ4v) is 7.36. The van der Waals surface area contributed by atoms with E-state index in [1.807, 2.05) is 18.2 Å². The summed E-state index contributed by atoms with van der Waals surface area (Å²) in [4.78, 5) is 16.9. The van der Waals surface area contributed by atoms with Crippen molar-refractivity contribution < 1.29 is 4.79 Å². The number of hydrogen-bond donors (Lipinski definition) is 1. The van der Waals surface area contributed by atoms with E-state index in [9.17, 15) is 4.79 Å². The van der Waals surface area contributed by atoms with Gasteiger partial charge in [-0.3, -0.25) is 4.79 Å². The predicted molar refractivity (Wildman–Crippen MR) is 160 cm³/mol. The van der Waals surface area contributed by atoms with Crippen LogP contribution >= 0.6 is 11.8 Å². The van der Waals surface area contributed by atoms with E-state index in [0.717, 1.165) is 39.7 Å². The second-order valence-electron chi connectivity index (χ2n) is 10.7. The fraction of sp³-hybridized carbons (Fsp3) is 0.303. The van der Waals surface area contributed by atoms with Crippen LogP contribution in [0.1, 0.15) is 49.6 Å². The smallest absolute Gasteiger partial charge is 0.262 e. The Morgan fingerprint density at radius 1 is 0.895 bits per heavy atom. The number of amides is 1. The molecule has 5 heteroatoms. The normalized spacial score (nSPS) is 22.9. The lowest BCUT2D eigenvalue weighted by Crippen LogP contribution is -2.48. The van der Waals surface area contributed by atoms with Crippen molar-refractivity contribution in [1.82, 2.24) is 9.47 Å². The summed E-state index contributed by atoms with van der Waals surface area (Å²) < 4.78 is 2.30. The van der Waals surface area contributed by atoms with Crippen molar-refractivity contribution in [2.75, 3.05) is 5.32 Å². The number of rotatable bonds is 5. The fourth-order valence-electron chi connectivity index (χ4n) is 6.16. The van der Waals surface area contributed by atoms with Crippen LogP contribution < -0.4 is 5.32 Å². The van der Waals surface area contributed by atoms with E-state index in [1.165, 1.54) is 30.0 Å². The molecule has 0 bridgehead atoms. The third-order valence-electron chi connectivity index (χ3n) is 8.17. The molecule has 194 valence electrons. The number of hydrogen-bond acceptors (Lipinski definition) is 3. The maximum Gasteiger partial charge on any atom is 0.262 e. The number of aryl methyl sites for hydroxylation is 1. The Kier molecular flexibility index (Phi) is 6.79. The molecule has 1 aromatic heterocycles. The molecule has 1 saturated carbocycles. The van der Waals surface area contributed by atoms with Crippen LogP contribution in [0.3, 0.4) is 0 Å². The van der Waals surface area contributed by atoms with Crippen LogP contribution in [-0.2, 0) is 4.79 Å². The number of aromatic nitrogens is 1. The molecule has 4 aromatic rings. The first kappa shape index (κ1) is 24.9. The first-order valence-corrected chi connectivity index (χ1v) is 14.6. The third-order valence-corrected chi connectivity index (χ3v) is 9.29. The van der Waals surface area contributed by atoms with Crippen LogP contribution in [0.2, 0.25) is 0 Å². The molecule has 1 unspecified atom stereocenters. The van der Waals surface area contributed by atoms with Crippen LogP contribution in [0.15, 0.2) is 83.8 Å². The highest BCUT2D eigenvalue weighted by atomic mass is 32.2. The van der Waals surface area contributed by atoms with Gasteiger partial charge < -0.3 is 14.8 Å². The molecule has 3 atom stereocenters. The zero-order chi connectivity index (χ0) is 26.2. The second-order valence-corrected chi connectivity index (χ2v) is 11.8. The van der Waals surface area contributed by atoms with Crippen molar-refractivity contribution >= 4 is 40.2 Å². The maximum atomic E-state index is 14.0. The SMILES string of the molecule is Cc1cc(/C=C2\SC(Nc3ccccc3)N([C@H]3CCCC[C@@H]3C)C2=O)c(C)n1-c1ccc2ccccc2c1. The van der Waals surface area contributed by atoms with Gasteiger partial charge in [-0.05, 0) is 85.4 Å². The number of nitrogens with one attached hydrogen (secondary N) is 1. The van der Waals surface area contributed by atoms with Crippen LogP contribution in [0.25, 0.3) is 22.5 Å². The Morgan fingerprint density at radius 3 is 2.42 bits per heavy atom. The highest BCUT2D eigenvalue weighted by Crippen LogP contribution is 2.42. The highest BCUT2D eigenvalue weighted by Gasteiger charge is 2.43. The molecule has 6 rings (SSSR count). The second kappa shape index (κ2) is 10.4. The molecule has 0 radical (unpaired) electrons. The lowest BCUT2D eigenvalue weighted by molar-refractivity contribution is -0.129. The quantitative estimate of drug-likeness (QED) is 0.269. The molecular weight excluding hydrogens is 486 g/mol. The summed E-state index contributed by atoms with van der Waals surface area (Å²) >= 11 is 1.65. The third kappa shape index (κ3) is 4.64. The Balaban J connectivity index is 1.35. The summed E-state index contributed by atoms with van der Waals surface area (Å²) in [5.41, 5.74) is 5.50. The topological polar surface area (TPSA) is 37.3 Å².